The van der Waals surface area contributed by atoms with Crippen molar-refractivity contribution in [1.82, 2.24) is 10.2 Å². The topological polar surface area (TPSA) is 81.2 Å². The molecule has 1 atom stereocenters. The van der Waals surface area contributed by atoms with E-state index in [1.165, 1.54) is 6.26 Å². The molecule has 1 unspecified atom stereocenters. The van der Waals surface area contributed by atoms with E-state index in [9.17, 15) is 13.6 Å². The fraction of sp³-hybridized carbons (Fsp3) is 0.133. The summed E-state index contributed by atoms with van der Waals surface area (Å²) in [6.45, 7) is 1.60. The number of nitrogens with one attached hydrogen (secondary N) is 1. The van der Waals surface area contributed by atoms with Gasteiger partial charge in [-0.25, -0.2) is 8.78 Å². The van der Waals surface area contributed by atoms with Crippen molar-refractivity contribution in [2.24, 2.45) is 0 Å². The zero-order valence-corrected chi connectivity index (χ0v) is 13.1. The maximum atomic E-state index is 13.5. The summed E-state index contributed by atoms with van der Waals surface area (Å²) in [4.78, 5) is 12.1. The van der Waals surface area contributed by atoms with Crippen molar-refractivity contribution in [3.8, 4) is 11.7 Å². The second-order valence-electron chi connectivity index (χ2n) is 4.72. The molecule has 0 bridgehead atoms. The van der Waals surface area contributed by atoms with Gasteiger partial charge in [0.1, 0.15) is 11.6 Å². The van der Waals surface area contributed by atoms with Crippen LogP contribution in [-0.2, 0) is 4.79 Å². The molecule has 1 N–H and O–H groups in total. The van der Waals surface area contributed by atoms with Gasteiger partial charge in [-0.3, -0.25) is 4.79 Å². The lowest BCUT2D eigenvalue weighted by Gasteiger charge is -2.10. The number of carbonyl (C=O) groups is 1. The van der Waals surface area contributed by atoms with E-state index in [0.717, 1.165) is 23.9 Å². The fourth-order valence-corrected chi connectivity index (χ4v) is 2.47. The Hall–Kier alpha value is -2.68. The van der Waals surface area contributed by atoms with Crippen LogP contribution in [0.5, 0.6) is 0 Å². The molecule has 6 nitrogen and oxygen atoms in total. The van der Waals surface area contributed by atoms with Crippen LogP contribution in [0, 0.1) is 11.6 Å². The number of nitrogens with zero attached hydrogens (tertiary/aromatic N) is 2. The van der Waals surface area contributed by atoms with E-state index >= 15 is 0 Å². The van der Waals surface area contributed by atoms with Crippen molar-refractivity contribution in [2.75, 3.05) is 5.32 Å². The number of hydrogen-bond donors (Lipinski definition) is 1. The fourth-order valence-electron chi connectivity index (χ4n) is 1.79. The van der Waals surface area contributed by atoms with Gasteiger partial charge in [-0.1, -0.05) is 11.8 Å². The van der Waals surface area contributed by atoms with Crippen LogP contribution in [0.3, 0.4) is 0 Å². The number of benzene rings is 1. The van der Waals surface area contributed by atoms with Gasteiger partial charge in [0, 0.05) is 6.07 Å². The zero-order chi connectivity index (χ0) is 17.1. The lowest BCUT2D eigenvalue weighted by Crippen LogP contribution is -2.23. The third-order valence-electron chi connectivity index (χ3n) is 2.97. The number of furan rings is 1. The molecule has 124 valence electrons. The molecule has 0 saturated heterocycles. The molecule has 0 fully saturated rings. The van der Waals surface area contributed by atoms with Gasteiger partial charge in [0.2, 0.25) is 5.91 Å². The highest BCUT2D eigenvalue weighted by molar-refractivity contribution is 8.00. The second kappa shape index (κ2) is 6.83. The van der Waals surface area contributed by atoms with Gasteiger partial charge in [0.25, 0.3) is 11.1 Å². The minimum atomic E-state index is -0.849. The molecule has 3 aromatic rings. The Morgan fingerprint density at radius 2 is 2.12 bits per heavy atom. The molecule has 24 heavy (non-hydrogen) atoms. The zero-order valence-electron chi connectivity index (χ0n) is 12.3. The monoisotopic (exact) mass is 351 g/mol. The van der Waals surface area contributed by atoms with Crippen molar-refractivity contribution < 1.29 is 22.4 Å². The van der Waals surface area contributed by atoms with Gasteiger partial charge in [0.15, 0.2) is 5.76 Å². The number of rotatable bonds is 5. The van der Waals surface area contributed by atoms with Crippen LogP contribution in [0.15, 0.2) is 50.7 Å². The lowest BCUT2D eigenvalue weighted by molar-refractivity contribution is -0.115. The highest BCUT2D eigenvalue weighted by Crippen LogP contribution is 2.27. The van der Waals surface area contributed by atoms with Crippen LogP contribution in [-0.4, -0.2) is 21.4 Å². The summed E-state index contributed by atoms with van der Waals surface area (Å²) in [5, 5.41) is 9.54. The standard InChI is InChI=1S/C15H11F2N3O3S/c1-8(13(21)18-11-5-4-9(16)7-10(11)17)24-15-20-19-14(23-15)12-3-2-6-22-12/h2-8H,1H3,(H,18,21). The van der Waals surface area contributed by atoms with E-state index in [4.69, 9.17) is 8.83 Å². The third-order valence-corrected chi connectivity index (χ3v) is 3.91. The van der Waals surface area contributed by atoms with Crippen LogP contribution in [0.25, 0.3) is 11.7 Å². The van der Waals surface area contributed by atoms with E-state index in [2.05, 4.69) is 15.5 Å². The highest BCUT2D eigenvalue weighted by Gasteiger charge is 2.20. The van der Waals surface area contributed by atoms with Crippen LogP contribution < -0.4 is 5.32 Å². The Bertz CT molecular complexity index is 852. The molecule has 0 aliphatic rings. The third kappa shape index (κ3) is 3.62. The number of anilines is 1. The van der Waals surface area contributed by atoms with Gasteiger partial charge < -0.3 is 14.2 Å². The average molecular weight is 351 g/mol. The number of thioether (sulfide) groups is 1. The van der Waals surface area contributed by atoms with Gasteiger partial charge in [0.05, 0.1) is 17.2 Å². The molecule has 0 spiro atoms. The Morgan fingerprint density at radius 1 is 1.29 bits per heavy atom. The molecule has 3 rings (SSSR count). The smallest absolute Gasteiger partial charge is 0.284 e. The minimum Gasteiger partial charge on any atom is -0.459 e. The molecule has 0 radical (unpaired) electrons. The number of aromatic nitrogens is 2. The molecule has 1 aromatic carbocycles. The summed E-state index contributed by atoms with van der Waals surface area (Å²) in [6, 6.07) is 6.25. The summed E-state index contributed by atoms with van der Waals surface area (Å²) >= 11 is 1.01. The number of hydrogen-bond acceptors (Lipinski definition) is 6. The predicted octanol–water partition coefficient (Wildman–Crippen LogP) is 3.73. The molecular formula is C15H11F2N3O3S. The first-order valence-corrected chi connectivity index (χ1v) is 7.71. The first-order chi connectivity index (χ1) is 11.5. The van der Waals surface area contributed by atoms with E-state index in [-0.39, 0.29) is 16.8 Å². The number of halogens is 2. The van der Waals surface area contributed by atoms with Gasteiger partial charge in [-0.05, 0) is 31.2 Å². The summed E-state index contributed by atoms with van der Waals surface area (Å²) < 4.78 is 36.9. The first kappa shape index (κ1) is 16.2. The Balaban J connectivity index is 1.64. The van der Waals surface area contributed by atoms with Crippen LogP contribution >= 0.6 is 11.8 Å². The minimum absolute atomic E-state index is 0.101. The molecule has 0 aliphatic carbocycles. The Kier molecular flexibility index (Phi) is 4.61. The summed E-state index contributed by atoms with van der Waals surface area (Å²) in [5.41, 5.74) is -0.101. The van der Waals surface area contributed by atoms with Crippen molar-refractivity contribution in [3.63, 3.8) is 0 Å². The molecular weight excluding hydrogens is 340 g/mol. The Labute approximate surface area is 139 Å². The van der Waals surface area contributed by atoms with Crippen molar-refractivity contribution in [3.05, 3.63) is 48.2 Å². The number of amides is 1. The van der Waals surface area contributed by atoms with Gasteiger partial charge in [-0.15, -0.1) is 10.2 Å². The number of carbonyl (C=O) groups excluding carboxylic acids is 1. The first-order valence-electron chi connectivity index (χ1n) is 6.83. The largest absolute Gasteiger partial charge is 0.459 e. The van der Waals surface area contributed by atoms with Crippen molar-refractivity contribution in [2.45, 2.75) is 17.4 Å². The summed E-state index contributed by atoms with van der Waals surface area (Å²) in [7, 11) is 0. The lowest BCUT2D eigenvalue weighted by atomic mass is 10.3. The second-order valence-corrected chi connectivity index (χ2v) is 6.02. The maximum absolute atomic E-state index is 13.5. The molecule has 0 aliphatic heterocycles. The van der Waals surface area contributed by atoms with E-state index in [1.54, 1.807) is 19.1 Å². The van der Waals surface area contributed by atoms with Crippen LogP contribution in [0.4, 0.5) is 14.5 Å². The predicted molar refractivity (Wildman–Crippen MR) is 82.3 cm³/mol. The van der Waals surface area contributed by atoms with Crippen molar-refractivity contribution in [1.29, 1.82) is 0 Å². The van der Waals surface area contributed by atoms with Gasteiger partial charge in [-0.2, -0.15) is 0 Å². The quantitative estimate of drug-likeness (QED) is 0.706. The van der Waals surface area contributed by atoms with Crippen LogP contribution in [0.2, 0.25) is 0 Å². The summed E-state index contributed by atoms with van der Waals surface area (Å²) in [5.74, 6) is -1.44. The summed E-state index contributed by atoms with van der Waals surface area (Å²) in [6.07, 6.45) is 1.47. The van der Waals surface area contributed by atoms with Gasteiger partial charge >= 0.3 is 0 Å². The highest BCUT2D eigenvalue weighted by atomic mass is 32.2. The molecule has 0 saturated carbocycles. The van der Waals surface area contributed by atoms with E-state index in [1.807, 2.05) is 0 Å². The normalized spacial score (nSPS) is 12.1. The SMILES string of the molecule is CC(Sc1nnc(-c2ccco2)o1)C(=O)Nc1ccc(F)cc1F. The maximum Gasteiger partial charge on any atom is 0.284 e. The Morgan fingerprint density at radius 3 is 2.83 bits per heavy atom. The van der Waals surface area contributed by atoms with E-state index in [0.29, 0.717) is 11.8 Å². The molecule has 9 heteroatoms. The molecule has 1 amide bonds. The molecule has 2 heterocycles. The van der Waals surface area contributed by atoms with Crippen molar-refractivity contribution >= 4 is 23.4 Å². The average Bonchev–Trinajstić information content (AvgIpc) is 3.20. The van der Waals surface area contributed by atoms with Crippen LogP contribution in [0.1, 0.15) is 6.92 Å². The van der Waals surface area contributed by atoms with E-state index < -0.39 is 22.8 Å². The molecule has 2 aromatic heterocycles.